The van der Waals surface area contributed by atoms with Crippen LogP contribution in [-0.2, 0) is 23.6 Å². The maximum Gasteiger partial charge on any atom is 0.261 e. The van der Waals surface area contributed by atoms with Crippen LogP contribution >= 0.6 is 12.2 Å². The third-order valence-electron chi connectivity index (χ3n) is 4.13. The topological polar surface area (TPSA) is 118 Å². The van der Waals surface area contributed by atoms with E-state index in [-0.39, 0.29) is 17.0 Å². The fraction of sp³-hybridized carbons (Fsp3) is 0.167. The van der Waals surface area contributed by atoms with Gasteiger partial charge in [-0.05, 0) is 54.7 Å². The zero-order valence-electron chi connectivity index (χ0n) is 15.7. The normalized spacial score (nSPS) is 11.1. The predicted molar refractivity (Wildman–Crippen MR) is 110 cm³/mol. The van der Waals surface area contributed by atoms with Gasteiger partial charge in [-0.15, -0.1) is 0 Å². The molecule has 0 aliphatic carbocycles. The Bertz CT molecular complexity index is 1180. The minimum absolute atomic E-state index is 0.0286. The van der Waals surface area contributed by atoms with E-state index in [0.29, 0.717) is 22.0 Å². The molecule has 0 aliphatic rings. The minimum Gasteiger partial charge on any atom is -0.497 e. The highest BCUT2D eigenvalue weighted by molar-refractivity contribution is 7.92. The number of anilines is 1. The summed E-state index contributed by atoms with van der Waals surface area (Å²) in [6, 6.07) is 12.2. The van der Waals surface area contributed by atoms with Crippen molar-refractivity contribution >= 4 is 33.8 Å². The zero-order chi connectivity index (χ0) is 21.0. The van der Waals surface area contributed by atoms with Gasteiger partial charge in [0.1, 0.15) is 5.75 Å². The monoisotopic (exact) mass is 433 g/mol. The number of aromatic amines is 1. The van der Waals surface area contributed by atoms with E-state index in [9.17, 15) is 13.2 Å². The van der Waals surface area contributed by atoms with Crippen LogP contribution in [0.4, 0.5) is 5.69 Å². The van der Waals surface area contributed by atoms with E-state index in [2.05, 4.69) is 20.2 Å². The fourth-order valence-electron chi connectivity index (χ4n) is 2.48. The van der Waals surface area contributed by atoms with Crippen molar-refractivity contribution in [3.05, 3.63) is 64.7 Å². The number of rotatable bonds is 7. The Labute approximate surface area is 172 Å². The number of methoxy groups -OCH3 is 1. The van der Waals surface area contributed by atoms with Gasteiger partial charge in [-0.3, -0.25) is 14.6 Å². The summed E-state index contributed by atoms with van der Waals surface area (Å²) >= 11 is 5.02. The van der Waals surface area contributed by atoms with Crippen LogP contribution in [0.5, 0.6) is 5.75 Å². The molecule has 1 amide bonds. The van der Waals surface area contributed by atoms with Gasteiger partial charge in [0.15, 0.2) is 10.6 Å². The lowest BCUT2D eigenvalue weighted by Gasteiger charge is -2.10. The van der Waals surface area contributed by atoms with Crippen LogP contribution in [0.3, 0.4) is 0 Å². The quantitative estimate of drug-likeness (QED) is 0.492. The van der Waals surface area contributed by atoms with Crippen LogP contribution in [0.15, 0.2) is 53.4 Å². The highest BCUT2D eigenvalue weighted by atomic mass is 32.2. The molecule has 0 fully saturated rings. The number of nitrogens with zero attached hydrogens (tertiary/aromatic N) is 2. The van der Waals surface area contributed by atoms with Gasteiger partial charge in [0.05, 0.1) is 18.6 Å². The molecule has 0 unspecified atom stereocenters. The summed E-state index contributed by atoms with van der Waals surface area (Å²) in [4.78, 5) is 12.4. The highest BCUT2D eigenvalue weighted by Crippen LogP contribution is 2.20. The lowest BCUT2D eigenvalue weighted by atomic mass is 10.2. The second-order valence-corrected chi connectivity index (χ2v) is 8.12. The number of hydrogen-bond donors (Lipinski definition) is 3. The molecule has 0 radical (unpaired) electrons. The number of carbonyl (C=O) groups is 1. The number of carbonyl (C=O) groups excluding carboxylic acids is 1. The van der Waals surface area contributed by atoms with Crippen LogP contribution in [0, 0.1) is 4.77 Å². The van der Waals surface area contributed by atoms with Crippen LogP contribution < -0.4 is 14.8 Å². The molecule has 3 aromatic rings. The molecule has 0 spiro atoms. The summed E-state index contributed by atoms with van der Waals surface area (Å²) in [7, 11) is -0.612. The third kappa shape index (κ3) is 4.81. The number of H-pyrrole nitrogens is 1. The summed E-state index contributed by atoms with van der Waals surface area (Å²) < 4.78 is 34.9. The number of amides is 1. The van der Waals surface area contributed by atoms with E-state index in [0.717, 1.165) is 0 Å². The van der Waals surface area contributed by atoms with Crippen LogP contribution in [0.2, 0.25) is 0 Å². The molecule has 2 aromatic carbocycles. The number of aromatic nitrogens is 3. The van der Waals surface area contributed by atoms with Crippen molar-refractivity contribution in [1.82, 2.24) is 20.1 Å². The van der Waals surface area contributed by atoms with E-state index >= 15 is 0 Å². The van der Waals surface area contributed by atoms with Crippen LogP contribution in [0.1, 0.15) is 16.2 Å². The first-order valence-electron chi connectivity index (χ1n) is 8.45. The first-order valence-corrected chi connectivity index (χ1v) is 10.3. The van der Waals surface area contributed by atoms with Gasteiger partial charge >= 0.3 is 0 Å². The molecule has 152 valence electrons. The van der Waals surface area contributed by atoms with Crippen molar-refractivity contribution in [2.75, 3.05) is 11.8 Å². The molecule has 29 heavy (non-hydrogen) atoms. The Balaban J connectivity index is 1.74. The Kier molecular flexibility index (Phi) is 5.99. The molecule has 0 saturated carbocycles. The van der Waals surface area contributed by atoms with E-state index in [4.69, 9.17) is 17.0 Å². The average Bonchev–Trinajstić information content (AvgIpc) is 3.04. The minimum atomic E-state index is -3.87. The molecule has 0 atom stereocenters. The SMILES string of the molecule is COc1ccc(NS(=O)(=O)c2cccc(C(=O)NCc3n[nH]c(=S)n3C)c2)cc1. The molecule has 11 heteroatoms. The number of benzene rings is 2. The van der Waals surface area contributed by atoms with Crippen LogP contribution in [0.25, 0.3) is 0 Å². The first kappa shape index (κ1) is 20.6. The second-order valence-electron chi connectivity index (χ2n) is 6.05. The third-order valence-corrected chi connectivity index (χ3v) is 5.87. The van der Waals surface area contributed by atoms with Gasteiger partial charge < -0.3 is 14.6 Å². The number of ether oxygens (including phenoxy) is 1. The largest absolute Gasteiger partial charge is 0.497 e. The summed E-state index contributed by atoms with van der Waals surface area (Å²) in [6.07, 6.45) is 0. The Hall–Kier alpha value is -3.18. The summed E-state index contributed by atoms with van der Waals surface area (Å²) in [5.41, 5.74) is 0.589. The van der Waals surface area contributed by atoms with Gasteiger partial charge in [0.25, 0.3) is 15.9 Å². The molecular weight excluding hydrogens is 414 g/mol. The van der Waals surface area contributed by atoms with E-state index in [1.165, 1.54) is 31.4 Å². The van der Waals surface area contributed by atoms with Crippen molar-refractivity contribution in [1.29, 1.82) is 0 Å². The predicted octanol–water partition coefficient (Wildman–Crippen LogP) is 2.22. The zero-order valence-corrected chi connectivity index (χ0v) is 17.3. The molecule has 0 bridgehead atoms. The lowest BCUT2D eigenvalue weighted by molar-refractivity contribution is 0.0949. The standard InChI is InChI=1S/C18H19N5O4S2/c1-23-16(20-21-18(23)28)11-19-17(24)12-4-3-5-15(10-12)29(25,26)22-13-6-8-14(27-2)9-7-13/h3-10,22H,11H2,1-2H3,(H,19,24)(H,21,28). The molecule has 0 saturated heterocycles. The van der Waals surface area contributed by atoms with Gasteiger partial charge in [-0.1, -0.05) is 6.07 Å². The summed E-state index contributed by atoms with van der Waals surface area (Å²) in [6.45, 7) is 0.142. The Morgan fingerprint density at radius 2 is 1.97 bits per heavy atom. The fourth-order valence-corrected chi connectivity index (χ4v) is 3.73. The lowest BCUT2D eigenvalue weighted by Crippen LogP contribution is -2.25. The number of hydrogen-bond acceptors (Lipinski definition) is 6. The molecule has 3 rings (SSSR count). The molecule has 1 heterocycles. The van der Waals surface area contributed by atoms with Crippen molar-refractivity contribution in [3.63, 3.8) is 0 Å². The van der Waals surface area contributed by atoms with Crippen molar-refractivity contribution in [3.8, 4) is 5.75 Å². The highest BCUT2D eigenvalue weighted by Gasteiger charge is 2.17. The molecule has 0 aliphatic heterocycles. The molecule has 9 nitrogen and oxygen atoms in total. The smallest absolute Gasteiger partial charge is 0.261 e. The van der Waals surface area contributed by atoms with Crippen molar-refractivity contribution < 1.29 is 17.9 Å². The van der Waals surface area contributed by atoms with Crippen LogP contribution in [-0.4, -0.2) is 36.2 Å². The first-order chi connectivity index (χ1) is 13.8. The van der Waals surface area contributed by atoms with Gasteiger partial charge in [0, 0.05) is 18.3 Å². The maximum absolute atomic E-state index is 12.7. The molecule has 1 aromatic heterocycles. The molecular formula is C18H19N5O4S2. The number of nitrogens with one attached hydrogen (secondary N) is 3. The second kappa shape index (κ2) is 8.45. The van der Waals surface area contributed by atoms with E-state index < -0.39 is 15.9 Å². The van der Waals surface area contributed by atoms with E-state index in [1.54, 1.807) is 35.9 Å². The van der Waals surface area contributed by atoms with Crippen molar-refractivity contribution in [2.24, 2.45) is 7.05 Å². The number of sulfonamides is 1. The average molecular weight is 434 g/mol. The van der Waals surface area contributed by atoms with E-state index in [1.807, 2.05) is 0 Å². The van der Waals surface area contributed by atoms with Gasteiger partial charge in [-0.25, -0.2) is 8.42 Å². The summed E-state index contributed by atoms with van der Waals surface area (Å²) in [5, 5.41) is 9.33. The summed E-state index contributed by atoms with van der Waals surface area (Å²) in [5.74, 6) is 0.730. The van der Waals surface area contributed by atoms with Gasteiger partial charge in [0.2, 0.25) is 0 Å². The molecule has 3 N–H and O–H groups in total. The maximum atomic E-state index is 12.7. The Morgan fingerprint density at radius 1 is 1.24 bits per heavy atom. The Morgan fingerprint density at radius 3 is 2.59 bits per heavy atom. The van der Waals surface area contributed by atoms with Gasteiger partial charge in [-0.2, -0.15) is 5.10 Å². The van der Waals surface area contributed by atoms with Crippen molar-refractivity contribution in [2.45, 2.75) is 11.4 Å².